The van der Waals surface area contributed by atoms with Crippen LogP contribution in [0.25, 0.3) is 0 Å². The van der Waals surface area contributed by atoms with Crippen molar-refractivity contribution in [2.45, 2.75) is 17.6 Å². The highest BCUT2D eigenvalue weighted by Crippen LogP contribution is 2.29. The van der Waals surface area contributed by atoms with Crippen LogP contribution in [0.3, 0.4) is 0 Å². The third kappa shape index (κ3) is 2.55. The number of hydrogen-bond acceptors (Lipinski definition) is 4. The molecule has 0 atom stereocenters. The van der Waals surface area contributed by atoms with Crippen molar-refractivity contribution in [3.63, 3.8) is 0 Å². The van der Waals surface area contributed by atoms with E-state index >= 15 is 0 Å². The summed E-state index contributed by atoms with van der Waals surface area (Å²) in [5, 5.41) is 9.08. The summed E-state index contributed by atoms with van der Waals surface area (Å²) >= 11 is 1.26. The number of nitriles is 1. The number of sulfonamides is 1. The predicted octanol–water partition coefficient (Wildman–Crippen LogP) is 3.01. The molecule has 1 aromatic heterocycles. The summed E-state index contributed by atoms with van der Waals surface area (Å²) in [5.74, 6) is 0. The van der Waals surface area contributed by atoms with Crippen LogP contribution in [0.4, 0.5) is 5.69 Å². The molecule has 0 bridgehead atoms. The molecule has 0 aliphatic rings. The van der Waals surface area contributed by atoms with Gasteiger partial charge in [-0.15, -0.1) is 11.3 Å². The summed E-state index contributed by atoms with van der Waals surface area (Å²) in [6.45, 7) is 1.98. The van der Waals surface area contributed by atoms with E-state index in [2.05, 4.69) is 0 Å². The van der Waals surface area contributed by atoms with Crippen LogP contribution >= 0.6 is 11.3 Å². The van der Waals surface area contributed by atoms with Gasteiger partial charge in [-0.3, -0.25) is 4.31 Å². The maximum Gasteiger partial charge on any atom is 0.273 e. The van der Waals surface area contributed by atoms with Crippen LogP contribution < -0.4 is 4.31 Å². The summed E-state index contributed by atoms with van der Waals surface area (Å²) in [7, 11) is -2.14. The van der Waals surface area contributed by atoms with E-state index in [1.165, 1.54) is 18.4 Å². The van der Waals surface area contributed by atoms with Crippen molar-refractivity contribution in [3.05, 3.63) is 46.8 Å². The zero-order valence-corrected chi connectivity index (χ0v) is 12.8. The number of benzene rings is 1. The second-order valence-electron chi connectivity index (χ2n) is 4.18. The number of aryl methyl sites for hydroxylation is 1. The monoisotopic (exact) mass is 306 g/mol. The Bertz CT molecular complexity index is 757. The van der Waals surface area contributed by atoms with Gasteiger partial charge in [0, 0.05) is 11.9 Å². The Hall–Kier alpha value is -1.84. The van der Waals surface area contributed by atoms with Crippen LogP contribution in [0, 0.1) is 11.3 Å². The van der Waals surface area contributed by atoms with Crippen molar-refractivity contribution in [3.8, 4) is 6.07 Å². The van der Waals surface area contributed by atoms with Gasteiger partial charge in [0.05, 0.1) is 11.3 Å². The summed E-state index contributed by atoms with van der Waals surface area (Å²) in [6, 6.07) is 12.1. The average Bonchev–Trinajstić information content (AvgIpc) is 2.96. The Kier molecular flexibility index (Phi) is 4.12. The molecule has 1 heterocycles. The molecule has 6 heteroatoms. The average molecular weight is 306 g/mol. The molecule has 2 aromatic rings. The minimum absolute atomic E-state index is 0.296. The van der Waals surface area contributed by atoms with E-state index in [0.717, 1.165) is 15.6 Å². The Balaban J connectivity index is 2.46. The molecule has 20 heavy (non-hydrogen) atoms. The molecule has 4 nitrogen and oxygen atoms in total. The molecule has 0 aliphatic heterocycles. The fourth-order valence-corrected chi connectivity index (χ4v) is 4.47. The molecule has 0 spiro atoms. The number of nitrogens with zero attached hydrogens (tertiary/aromatic N) is 2. The van der Waals surface area contributed by atoms with E-state index in [9.17, 15) is 8.42 Å². The molecule has 0 aliphatic carbocycles. The molecule has 0 unspecified atom stereocenters. The van der Waals surface area contributed by atoms with Gasteiger partial charge in [-0.2, -0.15) is 5.26 Å². The first kappa shape index (κ1) is 14.6. The van der Waals surface area contributed by atoms with Gasteiger partial charge in [-0.25, -0.2) is 8.42 Å². The van der Waals surface area contributed by atoms with E-state index < -0.39 is 10.0 Å². The summed E-state index contributed by atoms with van der Waals surface area (Å²) in [6.07, 6.45) is 0.804. The van der Waals surface area contributed by atoms with Gasteiger partial charge < -0.3 is 0 Å². The number of thiophene rings is 1. The zero-order chi connectivity index (χ0) is 14.8. The lowest BCUT2D eigenvalue weighted by Gasteiger charge is -2.19. The van der Waals surface area contributed by atoms with Gasteiger partial charge >= 0.3 is 0 Å². The predicted molar refractivity (Wildman–Crippen MR) is 80.4 cm³/mol. The molecule has 2 rings (SSSR count). The Labute approximate surface area is 123 Å². The number of rotatable bonds is 4. The molecule has 0 saturated heterocycles. The molecule has 1 aromatic carbocycles. The highest BCUT2D eigenvalue weighted by molar-refractivity contribution is 7.94. The lowest BCUT2D eigenvalue weighted by molar-refractivity contribution is 0.596. The molecule has 104 valence electrons. The largest absolute Gasteiger partial charge is 0.273 e. The van der Waals surface area contributed by atoms with Crippen molar-refractivity contribution in [2.75, 3.05) is 11.4 Å². The normalized spacial score (nSPS) is 11.1. The van der Waals surface area contributed by atoms with E-state index in [4.69, 9.17) is 5.26 Å². The van der Waals surface area contributed by atoms with Crippen LogP contribution in [0.2, 0.25) is 0 Å². The smallest absolute Gasteiger partial charge is 0.267 e. The lowest BCUT2D eigenvalue weighted by atomic mass is 10.2. The zero-order valence-electron chi connectivity index (χ0n) is 11.2. The number of anilines is 1. The first-order valence-corrected chi connectivity index (χ1v) is 8.33. The lowest BCUT2D eigenvalue weighted by Crippen LogP contribution is -2.26. The number of para-hydroxylation sites is 1. The van der Waals surface area contributed by atoms with Crippen molar-refractivity contribution in [1.82, 2.24) is 0 Å². The Morgan fingerprint density at radius 1 is 1.25 bits per heavy atom. The minimum atomic E-state index is -3.61. The van der Waals surface area contributed by atoms with Gasteiger partial charge in [-0.1, -0.05) is 19.1 Å². The Morgan fingerprint density at radius 3 is 2.55 bits per heavy atom. The molecule has 0 N–H and O–H groups in total. The van der Waals surface area contributed by atoms with E-state index in [1.54, 1.807) is 30.3 Å². The summed E-state index contributed by atoms with van der Waals surface area (Å²) in [4.78, 5) is 1.02. The van der Waals surface area contributed by atoms with Gasteiger partial charge in [0.15, 0.2) is 0 Å². The molecular weight excluding hydrogens is 292 g/mol. The SMILES string of the molecule is CCc1ccc(S(=O)(=O)N(C)c2ccccc2C#N)s1. The van der Waals surface area contributed by atoms with E-state index in [1.807, 2.05) is 19.1 Å². The van der Waals surface area contributed by atoms with Crippen molar-refractivity contribution in [1.29, 1.82) is 5.26 Å². The highest BCUT2D eigenvalue weighted by Gasteiger charge is 2.24. The van der Waals surface area contributed by atoms with Gasteiger partial charge in [0.2, 0.25) is 0 Å². The van der Waals surface area contributed by atoms with Crippen LogP contribution in [0.5, 0.6) is 0 Å². The van der Waals surface area contributed by atoms with Gasteiger partial charge in [-0.05, 0) is 30.7 Å². The van der Waals surface area contributed by atoms with Crippen molar-refractivity contribution in [2.24, 2.45) is 0 Å². The topological polar surface area (TPSA) is 61.2 Å². The van der Waals surface area contributed by atoms with E-state index in [-0.39, 0.29) is 0 Å². The molecule has 0 fully saturated rings. The van der Waals surface area contributed by atoms with Crippen LogP contribution in [-0.2, 0) is 16.4 Å². The fraction of sp³-hybridized carbons (Fsp3) is 0.214. The maximum atomic E-state index is 12.6. The molecule has 0 amide bonds. The highest BCUT2D eigenvalue weighted by atomic mass is 32.2. The number of hydrogen-bond donors (Lipinski definition) is 0. The van der Waals surface area contributed by atoms with Crippen molar-refractivity contribution < 1.29 is 8.42 Å². The first-order valence-electron chi connectivity index (χ1n) is 6.07. The summed E-state index contributed by atoms with van der Waals surface area (Å²) in [5.41, 5.74) is 0.729. The minimum Gasteiger partial charge on any atom is -0.267 e. The van der Waals surface area contributed by atoms with Gasteiger partial charge in [0.25, 0.3) is 10.0 Å². The van der Waals surface area contributed by atoms with Gasteiger partial charge in [0.1, 0.15) is 10.3 Å². The van der Waals surface area contributed by atoms with E-state index in [0.29, 0.717) is 15.5 Å². The quantitative estimate of drug-likeness (QED) is 0.872. The third-order valence-electron chi connectivity index (χ3n) is 2.96. The second-order valence-corrected chi connectivity index (χ2v) is 7.54. The van der Waals surface area contributed by atoms with Crippen molar-refractivity contribution >= 4 is 27.0 Å². The summed E-state index contributed by atoms with van der Waals surface area (Å²) < 4.78 is 26.6. The maximum absolute atomic E-state index is 12.6. The first-order chi connectivity index (χ1) is 9.50. The molecule has 0 radical (unpaired) electrons. The third-order valence-corrected chi connectivity index (χ3v) is 6.43. The molecule has 0 saturated carbocycles. The Morgan fingerprint density at radius 2 is 1.95 bits per heavy atom. The van der Waals surface area contributed by atoms with Crippen LogP contribution in [0.15, 0.2) is 40.6 Å². The van der Waals surface area contributed by atoms with Crippen LogP contribution in [0.1, 0.15) is 17.4 Å². The second kappa shape index (κ2) is 5.65. The van der Waals surface area contributed by atoms with Crippen LogP contribution in [-0.4, -0.2) is 15.5 Å². The standard InChI is InChI=1S/C14H14N2O2S2/c1-3-12-8-9-14(19-12)20(17,18)16(2)13-7-5-4-6-11(13)10-15/h4-9H,3H2,1-2H3. The fourth-order valence-electron chi connectivity index (χ4n) is 1.79. The molecular formula is C14H14N2O2S2.